The number of nitrogens with one attached hydrogen (secondary N) is 1. The summed E-state index contributed by atoms with van der Waals surface area (Å²) in [4.78, 5) is 11.9. The Morgan fingerprint density at radius 3 is 2.52 bits per heavy atom. The first-order valence-corrected chi connectivity index (χ1v) is 8.23. The van der Waals surface area contributed by atoms with Crippen molar-refractivity contribution in [2.75, 3.05) is 0 Å². The Balaban J connectivity index is 2.18. The van der Waals surface area contributed by atoms with E-state index >= 15 is 0 Å². The molecule has 118 valence electrons. The lowest BCUT2D eigenvalue weighted by molar-refractivity contribution is -0.121. The van der Waals surface area contributed by atoms with Gasteiger partial charge in [-0.25, -0.2) is 0 Å². The summed E-state index contributed by atoms with van der Waals surface area (Å²) in [6.07, 6.45) is 7.24. The Morgan fingerprint density at radius 2 is 1.86 bits per heavy atom. The molecule has 0 bridgehead atoms. The van der Waals surface area contributed by atoms with E-state index < -0.39 is 0 Å². The zero-order chi connectivity index (χ0) is 15.5. The van der Waals surface area contributed by atoms with Crippen LogP contribution in [0.25, 0.3) is 0 Å². The quantitative estimate of drug-likeness (QED) is 0.641. The highest BCUT2D eigenvalue weighted by molar-refractivity contribution is 5.76. The van der Waals surface area contributed by atoms with Gasteiger partial charge in [-0.1, -0.05) is 62.9 Å². The predicted molar refractivity (Wildman–Crippen MR) is 89.0 cm³/mol. The molecule has 0 radical (unpaired) electrons. The molecule has 21 heavy (non-hydrogen) atoms. The third-order valence-electron chi connectivity index (χ3n) is 3.81. The minimum Gasteiger partial charge on any atom is -0.354 e. The molecule has 1 aromatic rings. The SMILES string of the molecule is CCCCCCC(C)NC(=O)CCC(N)c1ccccc1. The molecule has 0 spiro atoms. The van der Waals surface area contributed by atoms with E-state index in [4.69, 9.17) is 5.73 Å². The van der Waals surface area contributed by atoms with Gasteiger partial charge in [0.05, 0.1) is 0 Å². The van der Waals surface area contributed by atoms with Crippen LogP contribution in [0.3, 0.4) is 0 Å². The monoisotopic (exact) mass is 290 g/mol. The molecule has 1 rings (SSSR count). The average Bonchev–Trinajstić information content (AvgIpc) is 2.50. The number of rotatable bonds is 10. The van der Waals surface area contributed by atoms with Crippen molar-refractivity contribution in [3.8, 4) is 0 Å². The molecule has 1 amide bonds. The summed E-state index contributed by atoms with van der Waals surface area (Å²) < 4.78 is 0. The van der Waals surface area contributed by atoms with Gasteiger partial charge in [0.15, 0.2) is 0 Å². The van der Waals surface area contributed by atoms with Crippen LogP contribution >= 0.6 is 0 Å². The summed E-state index contributed by atoms with van der Waals surface area (Å²) in [5.74, 6) is 0.115. The van der Waals surface area contributed by atoms with Gasteiger partial charge in [-0.05, 0) is 25.3 Å². The van der Waals surface area contributed by atoms with Crippen LogP contribution in [0.15, 0.2) is 30.3 Å². The van der Waals surface area contributed by atoms with Crippen molar-refractivity contribution in [1.29, 1.82) is 0 Å². The van der Waals surface area contributed by atoms with Crippen LogP contribution < -0.4 is 11.1 Å². The predicted octanol–water partition coefficient (Wildman–Crippen LogP) is 3.94. The highest BCUT2D eigenvalue weighted by atomic mass is 16.1. The van der Waals surface area contributed by atoms with Crippen molar-refractivity contribution in [2.45, 2.75) is 70.9 Å². The number of amides is 1. The fraction of sp³-hybridized carbons (Fsp3) is 0.611. The minimum absolute atomic E-state index is 0.0585. The molecule has 0 aromatic heterocycles. The van der Waals surface area contributed by atoms with Crippen molar-refractivity contribution in [3.05, 3.63) is 35.9 Å². The van der Waals surface area contributed by atoms with Crippen molar-refractivity contribution >= 4 is 5.91 Å². The fourth-order valence-electron chi connectivity index (χ4n) is 2.45. The summed E-state index contributed by atoms with van der Waals surface area (Å²) >= 11 is 0. The van der Waals surface area contributed by atoms with E-state index in [1.165, 1.54) is 25.7 Å². The lowest BCUT2D eigenvalue weighted by atomic mass is 10.0. The van der Waals surface area contributed by atoms with Crippen LogP contribution in [-0.2, 0) is 4.79 Å². The van der Waals surface area contributed by atoms with E-state index in [1.54, 1.807) is 0 Å². The highest BCUT2D eigenvalue weighted by Gasteiger charge is 2.11. The zero-order valence-electron chi connectivity index (χ0n) is 13.5. The fourth-order valence-corrected chi connectivity index (χ4v) is 2.45. The molecule has 0 fully saturated rings. The van der Waals surface area contributed by atoms with Crippen LogP contribution in [0.1, 0.15) is 70.4 Å². The summed E-state index contributed by atoms with van der Waals surface area (Å²) in [6.45, 7) is 4.29. The van der Waals surface area contributed by atoms with E-state index in [2.05, 4.69) is 19.2 Å². The molecule has 0 heterocycles. The molecule has 2 atom stereocenters. The van der Waals surface area contributed by atoms with Crippen molar-refractivity contribution in [1.82, 2.24) is 5.32 Å². The van der Waals surface area contributed by atoms with Crippen molar-refractivity contribution in [3.63, 3.8) is 0 Å². The first-order valence-electron chi connectivity index (χ1n) is 8.23. The number of benzene rings is 1. The Hall–Kier alpha value is -1.35. The molecule has 0 saturated carbocycles. The van der Waals surface area contributed by atoms with Gasteiger partial charge < -0.3 is 11.1 Å². The van der Waals surface area contributed by atoms with Gasteiger partial charge >= 0.3 is 0 Å². The van der Waals surface area contributed by atoms with Crippen LogP contribution in [0.4, 0.5) is 0 Å². The molecule has 3 N–H and O–H groups in total. The van der Waals surface area contributed by atoms with Gasteiger partial charge in [-0.3, -0.25) is 4.79 Å². The maximum Gasteiger partial charge on any atom is 0.220 e. The minimum atomic E-state index is -0.0585. The number of carbonyl (C=O) groups is 1. The molecule has 3 heteroatoms. The second-order valence-electron chi connectivity index (χ2n) is 5.87. The van der Waals surface area contributed by atoms with Crippen LogP contribution in [0.5, 0.6) is 0 Å². The number of nitrogens with two attached hydrogens (primary N) is 1. The van der Waals surface area contributed by atoms with E-state index in [9.17, 15) is 4.79 Å². The van der Waals surface area contributed by atoms with Crippen molar-refractivity contribution < 1.29 is 4.79 Å². The number of carbonyl (C=O) groups excluding carboxylic acids is 1. The highest BCUT2D eigenvalue weighted by Crippen LogP contribution is 2.15. The Kier molecular flexibility index (Phi) is 8.76. The molecule has 1 aromatic carbocycles. The van der Waals surface area contributed by atoms with Gasteiger partial charge in [-0.15, -0.1) is 0 Å². The maximum absolute atomic E-state index is 11.9. The summed E-state index contributed by atoms with van der Waals surface area (Å²) in [6, 6.07) is 10.2. The molecule has 0 aliphatic carbocycles. The first-order chi connectivity index (χ1) is 10.1. The number of unbranched alkanes of at least 4 members (excludes halogenated alkanes) is 3. The average molecular weight is 290 g/mol. The summed E-state index contributed by atoms with van der Waals surface area (Å²) in [5.41, 5.74) is 7.20. The smallest absolute Gasteiger partial charge is 0.220 e. The van der Waals surface area contributed by atoms with Crippen LogP contribution in [-0.4, -0.2) is 11.9 Å². The molecule has 2 unspecified atom stereocenters. The second kappa shape index (κ2) is 10.4. The zero-order valence-corrected chi connectivity index (χ0v) is 13.5. The lowest BCUT2D eigenvalue weighted by Crippen LogP contribution is -2.32. The van der Waals surface area contributed by atoms with Crippen LogP contribution in [0.2, 0.25) is 0 Å². The largest absolute Gasteiger partial charge is 0.354 e. The molecule has 0 aliphatic rings. The number of hydrogen-bond acceptors (Lipinski definition) is 2. The third kappa shape index (κ3) is 7.86. The number of hydrogen-bond donors (Lipinski definition) is 2. The first kappa shape index (κ1) is 17.7. The molecular formula is C18H30N2O. The van der Waals surface area contributed by atoms with Gasteiger partial charge in [0.1, 0.15) is 0 Å². The normalized spacial score (nSPS) is 13.7. The molecule has 3 nitrogen and oxygen atoms in total. The van der Waals surface area contributed by atoms with Gasteiger partial charge in [0.25, 0.3) is 0 Å². The molecule has 0 aliphatic heterocycles. The second-order valence-corrected chi connectivity index (χ2v) is 5.87. The van der Waals surface area contributed by atoms with Crippen molar-refractivity contribution in [2.24, 2.45) is 5.73 Å². The third-order valence-corrected chi connectivity index (χ3v) is 3.81. The van der Waals surface area contributed by atoms with Gasteiger partial charge in [0, 0.05) is 18.5 Å². The van der Waals surface area contributed by atoms with Crippen LogP contribution in [0, 0.1) is 0 Å². The van der Waals surface area contributed by atoms with Gasteiger partial charge in [0.2, 0.25) is 5.91 Å². The van der Waals surface area contributed by atoms with Gasteiger partial charge in [-0.2, -0.15) is 0 Å². The Labute approximate surface area is 129 Å². The molecule has 0 saturated heterocycles. The standard InChI is InChI=1S/C18H30N2O/c1-3-4-5-7-10-15(2)20-18(21)14-13-17(19)16-11-8-6-9-12-16/h6,8-9,11-12,15,17H,3-5,7,10,13-14,19H2,1-2H3,(H,20,21). The lowest BCUT2D eigenvalue weighted by Gasteiger charge is -2.15. The maximum atomic E-state index is 11.9. The van der Waals surface area contributed by atoms with E-state index in [0.29, 0.717) is 12.8 Å². The summed E-state index contributed by atoms with van der Waals surface area (Å²) in [7, 11) is 0. The van der Waals surface area contributed by atoms with E-state index in [-0.39, 0.29) is 18.0 Å². The Morgan fingerprint density at radius 1 is 1.14 bits per heavy atom. The topological polar surface area (TPSA) is 55.1 Å². The van der Waals surface area contributed by atoms with E-state index in [0.717, 1.165) is 12.0 Å². The Bertz CT molecular complexity index is 391. The molecular weight excluding hydrogens is 260 g/mol. The van der Waals surface area contributed by atoms with E-state index in [1.807, 2.05) is 30.3 Å². The summed E-state index contributed by atoms with van der Waals surface area (Å²) in [5, 5.41) is 3.07.